The second kappa shape index (κ2) is 6.93. The summed E-state index contributed by atoms with van der Waals surface area (Å²) in [4.78, 5) is 28.6. The van der Waals surface area contributed by atoms with Crippen LogP contribution in [0.1, 0.15) is 11.3 Å². The first kappa shape index (κ1) is 15.7. The molecule has 0 aliphatic carbocycles. The summed E-state index contributed by atoms with van der Waals surface area (Å²) in [6.07, 6.45) is 3.62. The normalized spacial score (nSPS) is 10.3. The van der Waals surface area contributed by atoms with E-state index in [9.17, 15) is 9.59 Å². The smallest absolute Gasteiger partial charge is 0.312 e. The maximum atomic E-state index is 11.8. The first-order valence-electron chi connectivity index (χ1n) is 7.01. The minimum Gasteiger partial charge on any atom is -0.455 e. The Morgan fingerprint density at radius 3 is 2.83 bits per heavy atom. The third-order valence-corrected chi connectivity index (χ3v) is 3.90. The van der Waals surface area contributed by atoms with Gasteiger partial charge in [0.05, 0.1) is 23.7 Å². The number of amides is 1. The van der Waals surface area contributed by atoms with Crippen molar-refractivity contribution >= 4 is 33.9 Å². The molecular weight excluding hydrogens is 328 g/mol. The lowest BCUT2D eigenvalue weighted by molar-refractivity contribution is -0.146. The Labute approximate surface area is 141 Å². The number of aromatic nitrogens is 2. The Morgan fingerprint density at radius 1 is 1.33 bits per heavy atom. The van der Waals surface area contributed by atoms with Crippen molar-refractivity contribution in [2.75, 3.05) is 11.9 Å². The van der Waals surface area contributed by atoms with Crippen molar-refractivity contribution in [1.29, 1.82) is 5.26 Å². The number of benzene rings is 1. The van der Waals surface area contributed by atoms with Gasteiger partial charge in [0.2, 0.25) is 0 Å². The van der Waals surface area contributed by atoms with Crippen LogP contribution in [0.2, 0.25) is 0 Å². The van der Waals surface area contributed by atoms with Gasteiger partial charge in [0.15, 0.2) is 11.6 Å². The third-order valence-electron chi connectivity index (χ3n) is 3.13. The summed E-state index contributed by atoms with van der Waals surface area (Å²) >= 11 is 1.47. The van der Waals surface area contributed by atoms with Crippen LogP contribution in [0.25, 0.3) is 4.96 Å². The molecule has 0 saturated heterocycles. The molecule has 1 aromatic carbocycles. The highest BCUT2D eigenvalue weighted by atomic mass is 32.1. The second-order valence-electron chi connectivity index (χ2n) is 4.90. The molecule has 2 heterocycles. The number of fused-ring (bicyclic) bond motifs is 1. The molecule has 0 aliphatic rings. The van der Waals surface area contributed by atoms with Crippen molar-refractivity contribution < 1.29 is 14.3 Å². The molecule has 120 valence electrons. The average Bonchev–Trinajstić information content (AvgIpc) is 3.15. The van der Waals surface area contributed by atoms with E-state index < -0.39 is 11.9 Å². The van der Waals surface area contributed by atoms with Gasteiger partial charge >= 0.3 is 5.97 Å². The van der Waals surface area contributed by atoms with Crippen LogP contribution >= 0.6 is 11.3 Å². The van der Waals surface area contributed by atoms with E-state index in [0.29, 0.717) is 16.9 Å². The molecule has 3 rings (SSSR count). The molecule has 0 atom stereocenters. The van der Waals surface area contributed by atoms with Gasteiger partial charge in [-0.1, -0.05) is 0 Å². The zero-order chi connectivity index (χ0) is 16.9. The summed E-state index contributed by atoms with van der Waals surface area (Å²) in [5, 5.41) is 13.2. The predicted molar refractivity (Wildman–Crippen MR) is 87.5 cm³/mol. The zero-order valence-corrected chi connectivity index (χ0v) is 13.2. The quantitative estimate of drug-likeness (QED) is 0.717. The van der Waals surface area contributed by atoms with Crippen molar-refractivity contribution in [2.45, 2.75) is 6.42 Å². The highest BCUT2D eigenvalue weighted by Gasteiger charge is 2.11. The summed E-state index contributed by atoms with van der Waals surface area (Å²) in [6.45, 7) is -0.374. The predicted octanol–water partition coefficient (Wildman–Crippen LogP) is 1.99. The third kappa shape index (κ3) is 3.77. The molecule has 2 aromatic heterocycles. The molecule has 1 N–H and O–H groups in total. The maximum Gasteiger partial charge on any atom is 0.312 e. The molecule has 0 radical (unpaired) electrons. The lowest BCUT2D eigenvalue weighted by Crippen LogP contribution is -2.21. The van der Waals surface area contributed by atoms with E-state index in [1.54, 1.807) is 30.5 Å². The van der Waals surface area contributed by atoms with Gasteiger partial charge in [0.25, 0.3) is 5.91 Å². The van der Waals surface area contributed by atoms with Gasteiger partial charge in [-0.25, -0.2) is 4.98 Å². The number of nitrogens with zero attached hydrogens (tertiary/aromatic N) is 3. The number of esters is 1. The molecule has 0 unspecified atom stereocenters. The molecule has 0 aliphatic heterocycles. The van der Waals surface area contributed by atoms with Crippen molar-refractivity contribution in [3.8, 4) is 6.07 Å². The van der Waals surface area contributed by atoms with E-state index in [2.05, 4.69) is 10.3 Å². The van der Waals surface area contributed by atoms with Gasteiger partial charge in [0.1, 0.15) is 0 Å². The van der Waals surface area contributed by atoms with Crippen LogP contribution in [0.3, 0.4) is 0 Å². The highest BCUT2D eigenvalue weighted by Crippen LogP contribution is 2.12. The van der Waals surface area contributed by atoms with Crippen molar-refractivity contribution in [2.24, 2.45) is 0 Å². The number of imidazole rings is 1. The summed E-state index contributed by atoms with van der Waals surface area (Å²) in [5.74, 6) is -0.963. The Morgan fingerprint density at radius 2 is 2.12 bits per heavy atom. The maximum absolute atomic E-state index is 11.8. The number of thiazole rings is 1. The SMILES string of the molecule is N#Cc1ccc(NC(=O)COC(=O)Cc2cn3ccsc3n2)cc1. The summed E-state index contributed by atoms with van der Waals surface area (Å²) in [6, 6.07) is 8.38. The number of carbonyl (C=O) groups excluding carboxylic acids is 2. The van der Waals surface area contributed by atoms with Gasteiger partial charge in [-0.05, 0) is 24.3 Å². The number of ether oxygens (including phenoxy) is 1. The van der Waals surface area contributed by atoms with Crippen LogP contribution in [-0.2, 0) is 20.7 Å². The molecule has 0 fully saturated rings. The summed E-state index contributed by atoms with van der Waals surface area (Å²) in [7, 11) is 0. The Bertz CT molecular complexity index is 892. The number of anilines is 1. The summed E-state index contributed by atoms with van der Waals surface area (Å²) < 4.78 is 6.77. The molecule has 3 aromatic rings. The second-order valence-corrected chi connectivity index (χ2v) is 5.77. The Hall–Kier alpha value is -3.18. The van der Waals surface area contributed by atoms with Crippen LogP contribution in [0.5, 0.6) is 0 Å². The number of rotatable bonds is 5. The van der Waals surface area contributed by atoms with Crippen molar-refractivity contribution in [3.05, 3.63) is 53.3 Å². The lowest BCUT2D eigenvalue weighted by atomic mass is 10.2. The molecule has 0 saturated carbocycles. The number of hydrogen-bond donors (Lipinski definition) is 1. The van der Waals surface area contributed by atoms with Crippen LogP contribution in [-0.4, -0.2) is 27.9 Å². The van der Waals surface area contributed by atoms with E-state index in [4.69, 9.17) is 10.00 Å². The highest BCUT2D eigenvalue weighted by molar-refractivity contribution is 7.15. The molecule has 0 bridgehead atoms. The lowest BCUT2D eigenvalue weighted by Gasteiger charge is -2.06. The fraction of sp³-hybridized carbons (Fsp3) is 0.125. The van der Waals surface area contributed by atoms with E-state index in [1.165, 1.54) is 11.3 Å². The molecule has 0 spiro atoms. The fourth-order valence-electron chi connectivity index (χ4n) is 2.03. The van der Waals surface area contributed by atoms with E-state index in [0.717, 1.165) is 4.96 Å². The van der Waals surface area contributed by atoms with Gasteiger partial charge in [-0.15, -0.1) is 11.3 Å². The molecule has 8 heteroatoms. The first-order chi connectivity index (χ1) is 11.6. The zero-order valence-electron chi connectivity index (χ0n) is 12.4. The number of carbonyl (C=O) groups is 2. The molecule has 24 heavy (non-hydrogen) atoms. The van der Waals surface area contributed by atoms with E-state index in [1.807, 2.05) is 22.0 Å². The van der Waals surface area contributed by atoms with Crippen LogP contribution in [0.15, 0.2) is 42.0 Å². The van der Waals surface area contributed by atoms with E-state index in [-0.39, 0.29) is 13.0 Å². The average molecular weight is 340 g/mol. The number of nitriles is 1. The fourth-order valence-corrected chi connectivity index (χ4v) is 2.75. The van der Waals surface area contributed by atoms with Crippen LogP contribution < -0.4 is 5.32 Å². The van der Waals surface area contributed by atoms with Gasteiger partial charge in [-0.2, -0.15) is 5.26 Å². The van der Waals surface area contributed by atoms with Crippen LogP contribution in [0.4, 0.5) is 5.69 Å². The van der Waals surface area contributed by atoms with Gasteiger partial charge in [0, 0.05) is 23.5 Å². The molecule has 1 amide bonds. The Kier molecular flexibility index (Phi) is 4.54. The monoisotopic (exact) mass is 340 g/mol. The van der Waals surface area contributed by atoms with E-state index >= 15 is 0 Å². The Balaban J connectivity index is 1.47. The van der Waals surface area contributed by atoms with Gasteiger partial charge < -0.3 is 10.1 Å². The largest absolute Gasteiger partial charge is 0.455 e. The van der Waals surface area contributed by atoms with Crippen molar-refractivity contribution in [3.63, 3.8) is 0 Å². The standard InChI is InChI=1S/C16H12N4O3S/c17-8-11-1-3-12(4-2-11)18-14(21)10-23-15(22)7-13-9-20-5-6-24-16(20)19-13/h1-6,9H,7,10H2,(H,18,21). The minimum atomic E-state index is -0.518. The topological polar surface area (TPSA) is 96.5 Å². The summed E-state index contributed by atoms with van der Waals surface area (Å²) in [5.41, 5.74) is 1.63. The first-order valence-corrected chi connectivity index (χ1v) is 7.89. The van der Waals surface area contributed by atoms with Crippen LogP contribution in [0, 0.1) is 11.3 Å². The number of hydrogen-bond acceptors (Lipinski definition) is 6. The molecule has 7 nitrogen and oxygen atoms in total. The number of nitrogens with one attached hydrogen (secondary N) is 1. The van der Waals surface area contributed by atoms with Gasteiger partial charge in [-0.3, -0.25) is 14.0 Å². The molecular formula is C16H12N4O3S. The van der Waals surface area contributed by atoms with Crippen molar-refractivity contribution in [1.82, 2.24) is 9.38 Å². The minimum absolute atomic E-state index is 0.0124.